The first-order valence-corrected chi connectivity index (χ1v) is 11.1. The fraction of sp³-hybridized carbons (Fsp3) is 0.294. The van der Waals surface area contributed by atoms with Gasteiger partial charge in [-0.25, -0.2) is 22.2 Å². The second-order valence-corrected chi connectivity index (χ2v) is 9.53. The molecule has 30 heavy (non-hydrogen) atoms. The lowest BCUT2D eigenvalue weighted by Crippen LogP contribution is -2.31. The van der Waals surface area contributed by atoms with Crippen molar-refractivity contribution in [2.75, 3.05) is 11.9 Å². The molecule has 0 spiro atoms. The summed E-state index contributed by atoms with van der Waals surface area (Å²) in [5, 5.41) is 10.6. The van der Waals surface area contributed by atoms with Crippen molar-refractivity contribution in [3.05, 3.63) is 52.4 Å². The number of sulfonamides is 1. The molecule has 1 saturated heterocycles. The van der Waals surface area contributed by atoms with Crippen LogP contribution in [0.5, 0.6) is 0 Å². The molecule has 1 atom stereocenters. The molecule has 1 N–H and O–H groups in total. The third kappa shape index (κ3) is 3.82. The molecule has 13 heteroatoms. The van der Waals surface area contributed by atoms with Gasteiger partial charge in [0.15, 0.2) is 16.7 Å². The third-order valence-electron chi connectivity index (χ3n) is 4.56. The molecule has 1 aliphatic heterocycles. The molecule has 9 nitrogen and oxygen atoms in total. The highest BCUT2D eigenvalue weighted by atomic mass is 32.2. The van der Waals surface area contributed by atoms with Crippen molar-refractivity contribution in [1.29, 1.82) is 0 Å². The average molecular weight is 454 g/mol. The predicted molar refractivity (Wildman–Crippen MR) is 103 cm³/mol. The molecular weight excluding hydrogens is 438 g/mol. The van der Waals surface area contributed by atoms with Gasteiger partial charge in [-0.2, -0.15) is 4.31 Å². The summed E-state index contributed by atoms with van der Waals surface area (Å²) < 4.78 is 55.1. The first kappa shape index (κ1) is 20.5. The summed E-state index contributed by atoms with van der Waals surface area (Å²) in [6.07, 6.45) is 3.99. The van der Waals surface area contributed by atoms with Crippen LogP contribution in [0.3, 0.4) is 0 Å². The fourth-order valence-corrected chi connectivity index (χ4v) is 5.72. The van der Waals surface area contributed by atoms with Gasteiger partial charge < -0.3 is 9.88 Å². The summed E-state index contributed by atoms with van der Waals surface area (Å²) in [4.78, 5) is 16.3. The van der Waals surface area contributed by atoms with E-state index >= 15 is 0 Å². The van der Waals surface area contributed by atoms with Crippen molar-refractivity contribution < 1.29 is 22.0 Å². The summed E-state index contributed by atoms with van der Waals surface area (Å²) in [7, 11) is -2.14. The van der Waals surface area contributed by atoms with E-state index in [0.29, 0.717) is 24.4 Å². The monoisotopic (exact) mass is 454 g/mol. The molecule has 3 aromatic rings. The van der Waals surface area contributed by atoms with E-state index in [2.05, 4.69) is 20.5 Å². The minimum atomic E-state index is -3.82. The number of halogens is 2. The molecular formula is C17H16F2N6O3S2. The Bertz CT molecular complexity index is 1210. The number of benzene rings is 1. The summed E-state index contributed by atoms with van der Waals surface area (Å²) in [6.45, 7) is 0.305. The number of carbonyl (C=O) groups excluding carboxylic acids is 1. The van der Waals surface area contributed by atoms with Gasteiger partial charge in [-0.3, -0.25) is 4.79 Å². The fourth-order valence-electron chi connectivity index (χ4n) is 3.14. The van der Waals surface area contributed by atoms with E-state index in [9.17, 15) is 22.0 Å². The highest BCUT2D eigenvalue weighted by Crippen LogP contribution is 2.37. The van der Waals surface area contributed by atoms with Crippen LogP contribution >= 0.6 is 11.3 Å². The number of aromatic nitrogens is 4. The Balaban J connectivity index is 1.54. The number of nitrogens with zero attached hydrogens (tertiary/aromatic N) is 5. The predicted octanol–water partition coefficient (Wildman–Crippen LogP) is 2.33. The number of aryl methyl sites for hydroxylation is 1. The molecule has 0 radical (unpaired) electrons. The van der Waals surface area contributed by atoms with Gasteiger partial charge >= 0.3 is 0 Å². The van der Waals surface area contributed by atoms with E-state index in [1.54, 1.807) is 11.6 Å². The van der Waals surface area contributed by atoms with E-state index in [1.165, 1.54) is 22.9 Å². The minimum absolute atomic E-state index is 0.0168. The number of nitrogens with one attached hydrogen (secondary N) is 1. The maximum atomic E-state index is 13.3. The highest BCUT2D eigenvalue weighted by molar-refractivity contribution is 7.89. The lowest BCUT2D eigenvalue weighted by atomic mass is 10.2. The number of anilines is 1. The van der Waals surface area contributed by atoms with Crippen molar-refractivity contribution >= 4 is 33.0 Å². The van der Waals surface area contributed by atoms with Gasteiger partial charge in [0.1, 0.15) is 5.01 Å². The van der Waals surface area contributed by atoms with Crippen molar-refractivity contribution in [1.82, 2.24) is 24.1 Å². The van der Waals surface area contributed by atoms with Crippen LogP contribution in [-0.4, -0.2) is 44.9 Å². The van der Waals surface area contributed by atoms with Gasteiger partial charge in [0.05, 0.1) is 12.4 Å². The largest absolute Gasteiger partial charge is 0.339 e. The maximum absolute atomic E-state index is 13.3. The van der Waals surface area contributed by atoms with Crippen LogP contribution in [0.25, 0.3) is 0 Å². The van der Waals surface area contributed by atoms with E-state index in [0.717, 1.165) is 23.5 Å². The molecule has 0 bridgehead atoms. The van der Waals surface area contributed by atoms with Crippen LogP contribution < -0.4 is 5.32 Å². The zero-order valence-corrected chi connectivity index (χ0v) is 17.3. The molecule has 1 aliphatic rings. The molecule has 1 aromatic carbocycles. The van der Waals surface area contributed by atoms with Gasteiger partial charge in [0, 0.05) is 31.5 Å². The highest BCUT2D eigenvalue weighted by Gasteiger charge is 2.39. The number of hydrogen-bond donors (Lipinski definition) is 1. The summed E-state index contributed by atoms with van der Waals surface area (Å²) in [5.74, 6) is -2.77. The van der Waals surface area contributed by atoms with E-state index in [1.807, 2.05) is 0 Å². The lowest BCUT2D eigenvalue weighted by molar-refractivity contribution is 0.102. The maximum Gasteiger partial charge on any atom is 0.286 e. The zero-order chi connectivity index (χ0) is 21.5. The van der Waals surface area contributed by atoms with Crippen molar-refractivity contribution in [3.8, 4) is 0 Å². The quantitative estimate of drug-likeness (QED) is 0.634. The Morgan fingerprint density at radius 3 is 2.77 bits per heavy atom. The molecule has 3 heterocycles. The molecule has 1 fully saturated rings. The summed E-state index contributed by atoms with van der Waals surface area (Å²) in [5.41, 5.74) is 0.0656. The standard InChI is InChI=1S/C17H16F2N6O3S2/c1-24-8-14(20-9-24)30(27,28)25-6-2-3-13(25)16-22-23-17(29-16)15(26)21-10-4-5-11(18)12(19)7-10/h4-5,7-9,13H,2-3,6H2,1H3,(H,21,26). The van der Waals surface area contributed by atoms with Gasteiger partial charge in [0.25, 0.3) is 15.9 Å². The van der Waals surface area contributed by atoms with Gasteiger partial charge in [-0.1, -0.05) is 11.3 Å². The Morgan fingerprint density at radius 1 is 1.27 bits per heavy atom. The Hall–Kier alpha value is -2.77. The van der Waals surface area contributed by atoms with E-state index in [4.69, 9.17) is 0 Å². The van der Waals surface area contributed by atoms with Crippen LogP contribution in [0, 0.1) is 11.6 Å². The normalized spacial score (nSPS) is 17.4. The molecule has 1 unspecified atom stereocenters. The minimum Gasteiger partial charge on any atom is -0.339 e. The topological polar surface area (TPSA) is 110 Å². The number of imidazole rings is 1. The number of carbonyl (C=O) groups is 1. The SMILES string of the molecule is Cn1cnc(S(=O)(=O)N2CCCC2c2nnc(C(=O)Nc3ccc(F)c(F)c3)s2)c1. The second kappa shape index (κ2) is 7.81. The smallest absolute Gasteiger partial charge is 0.286 e. The molecule has 158 valence electrons. The number of hydrogen-bond acceptors (Lipinski definition) is 7. The van der Waals surface area contributed by atoms with Crippen molar-refractivity contribution in [2.24, 2.45) is 7.05 Å². The lowest BCUT2D eigenvalue weighted by Gasteiger charge is -2.20. The van der Waals surface area contributed by atoms with Crippen LogP contribution in [0.1, 0.15) is 33.7 Å². The Kier molecular flexibility index (Phi) is 5.34. The molecule has 2 aromatic heterocycles. The Morgan fingerprint density at radius 2 is 2.07 bits per heavy atom. The first-order chi connectivity index (χ1) is 14.3. The van der Waals surface area contributed by atoms with Crippen molar-refractivity contribution in [2.45, 2.75) is 23.9 Å². The first-order valence-electron chi connectivity index (χ1n) is 8.85. The molecule has 0 saturated carbocycles. The van der Waals surface area contributed by atoms with E-state index < -0.39 is 33.6 Å². The van der Waals surface area contributed by atoms with Gasteiger partial charge in [0.2, 0.25) is 5.01 Å². The average Bonchev–Trinajstić information content (AvgIpc) is 3.43. The van der Waals surface area contributed by atoms with Crippen LogP contribution in [0.4, 0.5) is 14.5 Å². The van der Waals surface area contributed by atoms with Gasteiger partial charge in [-0.05, 0) is 25.0 Å². The number of rotatable bonds is 5. The van der Waals surface area contributed by atoms with Gasteiger partial charge in [-0.15, -0.1) is 10.2 Å². The van der Waals surface area contributed by atoms with E-state index in [-0.39, 0.29) is 15.7 Å². The number of amides is 1. The third-order valence-corrected chi connectivity index (χ3v) is 7.37. The molecule has 1 amide bonds. The second-order valence-electron chi connectivity index (χ2n) is 6.68. The van der Waals surface area contributed by atoms with Crippen LogP contribution in [-0.2, 0) is 17.1 Å². The van der Waals surface area contributed by atoms with Crippen molar-refractivity contribution in [3.63, 3.8) is 0 Å². The summed E-state index contributed by atoms with van der Waals surface area (Å²) in [6, 6.07) is 2.42. The molecule has 0 aliphatic carbocycles. The molecule has 4 rings (SSSR count). The summed E-state index contributed by atoms with van der Waals surface area (Å²) >= 11 is 0.951. The zero-order valence-electron chi connectivity index (χ0n) is 15.6. The van der Waals surface area contributed by atoms with Crippen LogP contribution in [0.15, 0.2) is 35.7 Å². The Labute approximate surface area is 174 Å². The van der Waals surface area contributed by atoms with Crippen LogP contribution in [0.2, 0.25) is 0 Å².